The van der Waals surface area contributed by atoms with Crippen molar-refractivity contribution in [3.05, 3.63) is 0 Å². The Morgan fingerprint density at radius 3 is 2.38 bits per heavy atom. The van der Waals surface area contributed by atoms with Crippen LogP contribution in [0.2, 0.25) is 0 Å². The van der Waals surface area contributed by atoms with Crippen LogP contribution >= 0.6 is 0 Å². The van der Waals surface area contributed by atoms with Crippen LogP contribution in [0.15, 0.2) is 0 Å². The van der Waals surface area contributed by atoms with Gasteiger partial charge in [-0.3, -0.25) is 0 Å². The molecule has 0 heterocycles. The van der Waals surface area contributed by atoms with Crippen LogP contribution in [0.4, 0.5) is 0 Å². The summed E-state index contributed by atoms with van der Waals surface area (Å²) in [4.78, 5) is 0. The molecule has 0 radical (unpaired) electrons. The summed E-state index contributed by atoms with van der Waals surface area (Å²) in [6.07, 6.45) is 5.89. The highest BCUT2D eigenvalue weighted by molar-refractivity contribution is 4.75. The predicted molar refractivity (Wildman–Crippen MR) is 66.3 cm³/mol. The fraction of sp³-hybridized carbons (Fsp3) is 1.00. The van der Waals surface area contributed by atoms with Crippen LogP contribution in [-0.2, 0) is 0 Å². The molecule has 0 aromatic carbocycles. The largest absolute Gasteiger partial charge is 0.395 e. The van der Waals surface area contributed by atoms with Gasteiger partial charge in [-0.25, -0.2) is 0 Å². The van der Waals surface area contributed by atoms with Gasteiger partial charge in [-0.1, -0.05) is 39.5 Å². The molecule has 0 saturated heterocycles. The van der Waals surface area contributed by atoms with Crippen LogP contribution in [-0.4, -0.2) is 35.5 Å². The van der Waals surface area contributed by atoms with Crippen LogP contribution in [0.3, 0.4) is 0 Å². The van der Waals surface area contributed by atoms with Gasteiger partial charge in [0.2, 0.25) is 0 Å². The molecule has 1 saturated carbocycles. The van der Waals surface area contributed by atoms with Crippen molar-refractivity contribution >= 4 is 0 Å². The Labute approximate surface area is 99.3 Å². The van der Waals surface area contributed by atoms with Crippen LogP contribution < -0.4 is 5.32 Å². The Morgan fingerprint density at radius 2 is 1.88 bits per heavy atom. The van der Waals surface area contributed by atoms with Crippen molar-refractivity contribution < 1.29 is 10.2 Å². The minimum absolute atomic E-state index is 0.109. The smallest absolute Gasteiger partial charge is 0.0667 e. The maximum Gasteiger partial charge on any atom is 0.0667 e. The molecule has 0 bridgehead atoms. The van der Waals surface area contributed by atoms with E-state index in [0.717, 1.165) is 12.3 Å². The first-order valence-electron chi connectivity index (χ1n) is 6.65. The maximum absolute atomic E-state index is 9.89. The molecule has 1 aliphatic rings. The lowest BCUT2D eigenvalue weighted by molar-refractivity contribution is 0.124. The number of hydrogen-bond donors (Lipinski definition) is 3. The van der Waals surface area contributed by atoms with Gasteiger partial charge in [-0.05, 0) is 18.3 Å². The molecule has 3 N–H and O–H groups in total. The Hall–Kier alpha value is -0.120. The van der Waals surface area contributed by atoms with E-state index in [1.54, 1.807) is 0 Å². The zero-order valence-corrected chi connectivity index (χ0v) is 10.7. The van der Waals surface area contributed by atoms with Crippen molar-refractivity contribution in [3.8, 4) is 0 Å². The van der Waals surface area contributed by atoms with E-state index in [-0.39, 0.29) is 18.8 Å². The second kappa shape index (κ2) is 7.25. The Kier molecular flexibility index (Phi) is 6.32. The van der Waals surface area contributed by atoms with Crippen LogP contribution in [0.25, 0.3) is 0 Å². The quantitative estimate of drug-likeness (QED) is 0.620. The van der Waals surface area contributed by atoms with E-state index < -0.39 is 0 Å². The average molecular weight is 229 g/mol. The van der Waals surface area contributed by atoms with Gasteiger partial charge in [-0.15, -0.1) is 0 Å². The van der Waals surface area contributed by atoms with Crippen molar-refractivity contribution in [1.82, 2.24) is 5.32 Å². The molecule has 3 nitrogen and oxygen atoms in total. The fourth-order valence-electron chi connectivity index (χ4n) is 2.51. The van der Waals surface area contributed by atoms with E-state index in [9.17, 15) is 5.11 Å². The van der Waals surface area contributed by atoms with Gasteiger partial charge >= 0.3 is 0 Å². The molecule has 0 aromatic heterocycles. The van der Waals surface area contributed by atoms with Crippen LogP contribution in [0.1, 0.15) is 46.0 Å². The minimum atomic E-state index is -0.254. The minimum Gasteiger partial charge on any atom is -0.395 e. The summed E-state index contributed by atoms with van der Waals surface area (Å²) in [5, 5.41) is 22.3. The summed E-state index contributed by atoms with van der Waals surface area (Å²) in [5.41, 5.74) is 0. The highest BCUT2D eigenvalue weighted by atomic mass is 16.3. The predicted octanol–water partition coefficient (Wildman–Crippen LogP) is 1.53. The third-order valence-corrected chi connectivity index (χ3v) is 3.70. The van der Waals surface area contributed by atoms with Crippen molar-refractivity contribution in [3.63, 3.8) is 0 Å². The second-order valence-corrected chi connectivity index (χ2v) is 5.48. The summed E-state index contributed by atoms with van der Waals surface area (Å²) in [6.45, 7) is 4.92. The molecule has 0 aromatic rings. The number of aliphatic hydroxyl groups excluding tert-OH is 2. The third kappa shape index (κ3) is 4.81. The Balaban J connectivity index is 2.15. The summed E-state index contributed by atoms with van der Waals surface area (Å²) in [6, 6.07) is 0.109. The van der Waals surface area contributed by atoms with Gasteiger partial charge in [0.1, 0.15) is 0 Å². The first-order chi connectivity index (χ1) is 7.63. The SMILES string of the molecule is CC(C)C(CO)NCC(O)CC1CCCC1. The van der Waals surface area contributed by atoms with E-state index in [4.69, 9.17) is 5.11 Å². The van der Waals surface area contributed by atoms with E-state index >= 15 is 0 Å². The lowest BCUT2D eigenvalue weighted by Crippen LogP contribution is -2.41. The normalized spacial score (nSPS) is 21.6. The molecule has 3 heteroatoms. The molecule has 0 amide bonds. The molecule has 16 heavy (non-hydrogen) atoms. The molecule has 96 valence electrons. The highest BCUT2D eigenvalue weighted by Gasteiger charge is 2.20. The lowest BCUT2D eigenvalue weighted by Gasteiger charge is -2.23. The molecule has 1 fully saturated rings. The van der Waals surface area contributed by atoms with Gasteiger partial charge in [0.05, 0.1) is 12.7 Å². The van der Waals surface area contributed by atoms with Crippen LogP contribution in [0, 0.1) is 11.8 Å². The van der Waals surface area contributed by atoms with Gasteiger partial charge in [0, 0.05) is 12.6 Å². The second-order valence-electron chi connectivity index (χ2n) is 5.48. The molecule has 1 aliphatic carbocycles. The summed E-state index contributed by atoms with van der Waals surface area (Å²) in [7, 11) is 0. The van der Waals surface area contributed by atoms with Gasteiger partial charge in [0.25, 0.3) is 0 Å². The van der Waals surface area contributed by atoms with Gasteiger partial charge in [0.15, 0.2) is 0 Å². The molecule has 0 aliphatic heterocycles. The van der Waals surface area contributed by atoms with Gasteiger partial charge in [-0.2, -0.15) is 0 Å². The first-order valence-corrected chi connectivity index (χ1v) is 6.65. The lowest BCUT2D eigenvalue weighted by atomic mass is 9.99. The van der Waals surface area contributed by atoms with E-state index in [1.807, 2.05) is 0 Å². The maximum atomic E-state index is 9.89. The van der Waals surface area contributed by atoms with E-state index in [0.29, 0.717) is 12.5 Å². The molecular weight excluding hydrogens is 202 g/mol. The number of aliphatic hydroxyl groups is 2. The van der Waals surface area contributed by atoms with Crippen molar-refractivity contribution in [2.45, 2.75) is 58.1 Å². The summed E-state index contributed by atoms with van der Waals surface area (Å²) < 4.78 is 0. The average Bonchev–Trinajstić information content (AvgIpc) is 2.70. The standard InChI is InChI=1S/C13H27NO2/c1-10(2)13(9-15)14-8-12(16)7-11-5-3-4-6-11/h10-16H,3-9H2,1-2H3. The molecule has 1 rings (SSSR count). The monoisotopic (exact) mass is 229 g/mol. The number of hydrogen-bond acceptors (Lipinski definition) is 3. The van der Waals surface area contributed by atoms with Crippen molar-refractivity contribution in [2.75, 3.05) is 13.2 Å². The summed E-state index contributed by atoms with van der Waals surface area (Å²) >= 11 is 0. The number of rotatable bonds is 7. The topological polar surface area (TPSA) is 52.5 Å². The highest BCUT2D eigenvalue weighted by Crippen LogP contribution is 2.28. The van der Waals surface area contributed by atoms with Gasteiger partial charge < -0.3 is 15.5 Å². The van der Waals surface area contributed by atoms with Crippen molar-refractivity contribution in [2.24, 2.45) is 11.8 Å². The Morgan fingerprint density at radius 1 is 1.25 bits per heavy atom. The van der Waals surface area contributed by atoms with E-state index in [2.05, 4.69) is 19.2 Å². The zero-order chi connectivity index (χ0) is 12.0. The molecule has 2 atom stereocenters. The van der Waals surface area contributed by atoms with E-state index in [1.165, 1.54) is 25.7 Å². The number of nitrogens with one attached hydrogen (secondary N) is 1. The molecular formula is C13H27NO2. The third-order valence-electron chi connectivity index (χ3n) is 3.70. The molecule has 2 unspecified atom stereocenters. The fourth-order valence-corrected chi connectivity index (χ4v) is 2.51. The zero-order valence-electron chi connectivity index (χ0n) is 10.7. The van der Waals surface area contributed by atoms with Crippen molar-refractivity contribution in [1.29, 1.82) is 0 Å². The first kappa shape index (κ1) is 13.9. The Bertz CT molecular complexity index is 179. The molecule has 0 spiro atoms. The van der Waals surface area contributed by atoms with Crippen LogP contribution in [0.5, 0.6) is 0 Å². The summed E-state index contributed by atoms with van der Waals surface area (Å²) in [5.74, 6) is 1.13.